The maximum atomic E-state index is 11.0. The van der Waals surface area contributed by atoms with Crippen LogP contribution < -0.4 is 21.4 Å². The van der Waals surface area contributed by atoms with Gasteiger partial charge < -0.3 is 30.1 Å². The van der Waals surface area contributed by atoms with Crippen molar-refractivity contribution in [2.24, 2.45) is 0 Å². The van der Waals surface area contributed by atoms with E-state index in [9.17, 15) is 10.2 Å². The first-order valence-corrected chi connectivity index (χ1v) is 11.8. The third kappa shape index (κ3) is 2.61. The highest BCUT2D eigenvalue weighted by atomic mass is 16.3. The highest BCUT2D eigenvalue weighted by Gasteiger charge is 2.23. The van der Waals surface area contributed by atoms with E-state index in [1.165, 1.54) is 0 Å². The summed E-state index contributed by atoms with van der Waals surface area (Å²) in [6, 6.07) is 20.2. The van der Waals surface area contributed by atoms with Crippen molar-refractivity contribution in [3.8, 4) is 11.5 Å². The quantitative estimate of drug-likeness (QED) is 0.193. The minimum absolute atomic E-state index is 0.0816. The molecule has 172 valence electrons. The second kappa shape index (κ2) is 6.73. The molecule has 4 aromatic heterocycles. The van der Waals surface area contributed by atoms with Gasteiger partial charge in [0.05, 0.1) is 0 Å². The molecule has 1 aliphatic heterocycles. The molecule has 0 saturated carbocycles. The summed E-state index contributed by atoms with van der Waals surface area (Å²) in [5.74, 6) is -0.163. The first-order chi connectivity index (χ1) is 17.6. The zero-order valence-corrected chi connectivity index (χ0v) is 19.0. The van der Waals surface area contributed by atoms with Gasteiger partial charge in [-0.25, -0.2) is 0 Å². The van der Waals surface area contributed by atoms with Crippen molar-refractivity contribution in [2.75, 3.05) is 0 Å². The van der Waals surface area contributed by atoms with Crippen LogP contribution in [0.25, 0.3) is 56.6 Å². The number of hydrogen-bond acceptors (Lipinski definition) is 2. The van der Waals surface area contributed by atoms with E-state index >= 15 is 0 Å². The van der Waals surface area contributed by atoms with Gasteiger partial charge in [-0.3, -0.25) is 0 Å². The molecule has 5 heterocycles. The third-order valence-electron chi connectivity index (χ3n) is 7.14. The molecule has 0 atom stereocenters. The van der Waals surface area contributed by atoms with Crippen LogP contribution in [0.5, 0.6) is 11.5 Å². The Morgan fingerprint density at radius 2 is 0.861 bits per heavy atom. The number of aromatic amines is 4. The summed E-state index contributed by atoms with van der Waals surface area (Å²) in [4.78, 5) is 13.9. The Morgan fingerprint density at radius 3 is 1.33 bits per heavy atom. The standard InChI is InChI=1S/C30H20N4O2/c35-29-25-21-3-1-2-4-22(21)26(30(29)36)28-24-14-20-10-8-18(33-20)12-16-6-5-15(31-16)11-17-7-9-19(32-17)13-23(34-24)27(25)28/h1-14,31-36H. The number of aromatic nitrogens is 4. The van der Waals surface area contributed by atoms with Crippen molar-refractivity contribution < 1.29 is 10.2 Å². The maximum absolute atomic E-state index is 11.0. The molecule has 4 aromatic carbocycles. The van der Waals surface area contributed by atoms with Crippen molar-refractivity contribution in [3.63, 3.8) is 0 Å². The number of nitrogens with one attached hydrogen (secondary N) is 4. The van der Waals surface area contributed by atoms with Crippen LogP contribution in [0.3, 0.4) is 0 Å². The van der Waals surface area contributed by atoms with Gasteiger partial charge in [0.15, 0.2) is 11.5 Å². The van der Waals surface area contributed by atoms with Crippen LogP contribution in [0.2, 0.25) is 0 Å². The maximum Gasteiger partial charge on any atom is 0.166 e. The van der Waals surface area contributed by atoms with Crippen molar-refractivity contribution in [3.05, 3.63) is 105 Å². The van der Waals surface area contributed by atoms with E-state index < -0.39 is 0 Å². The van der Waals surface area contributed by atoms with E-state index in [0.717, 1.165) is 65.7 Å². The van der Waals surface area contributed by atoms with E-state index in [0.29, 0.717) is 10.8 Å². The number of fused-ring (bicyclic) bond motifs is 9. The van der Waals surface area contributed by atoms with Crippen LogP contribution in [-0.2, 0) is 0 Å². The van der Waals surface area contributed by atoms with Crippen molar-refractivity contribution >= 4 is 56.6 Å². The highest BCUT2D eigenvalue weighted by molar-refractivity contribution is 6.32. The van der Waals surface area contributed by atoms with Crippen LogP contribution in [0.15, 0.2) is 60.7 Å². The lowest BCUT2D eigenvalue weighted by atomic mass is 9.91. The summed E-state index contributed by atoms with van der Waals surface area (Å²) in [6.07, 6.45) is 8.24. The topological polar surface area (TPSA) is 104 Å². The van der Waals surface area contributed by atoms with Gasteiger partial charge in [0.1, 0.15) is 0 Å². The highest BCUT2D eigenvalue weighted by Crippen LogP contribution is 2.48. The summed E-state index contributed by atoms with van der Waals surface area (Å²) < 4.78 is 0. The van der Waals surface area contributed by atoms with Gasteiger partial charge in [-0.05, 0) is 71.5 Å². The molecule has 9 rings (SSSR count). The molecule has 36 heavy (non-hydrogen) atoms. The van der Waals surface area contributed by atoms with Gasteiger partial charge >= 0.3 is 0 Å². The molecule has 8 aromatic rings. The van der Waals surface area contributed by atoms with Crippen molar-refractivity contribution in [1.29, 1.82) is 0 Å². The molecule has 6 N–H and O–H groups in total. The van der Waals surface area contributed by atoms with Crippen LogP contribution in [0.4, 0.5) is 0 Å². The monoisotopic (exact) mass is 468 g/mol. The fourth-order valence-corrected chi connectivity index (χ4v) is 5.63. The zero-order chi connectivity index (χ0) is 24.0. The molecule has 0 aliphatic carbocycles. The predicted octanol–water partition coefficient (Wildman–Crippen LogP) is 2.94. The Labute approximate surface area is 203 Å². The molecule has 1 aliphatic rings. The van der Waals surface area contributed by atoms with Gasteiger partial charge in [-0.2, -0.15) is 0 Å². The van der Waals surface area contributed by atoms with Crippen LogP contribution in [0, 0.1) is 0 Å². The Kier molecular flexibility index (Phi) is 3.60. The summed E-state index contributed by atoms with van der Waals surface area (Å²) in [6.45, 7) is 0. The first kappa shape index (κ1) is 19.2. The summed E-state index contributed by atoms with van der Waals surface area (Å²) in [5, 5.41) is 30.7. The van der Waals surface area contributed by atoms with E-state index in [2.05, 4.69) is 56.4 Å². The summed E-state index contributed by atoms with van der Waals surface area (Å²) in [5.41, 5.74) is 3.81. The van der Waals surface area contributed by atoms with E-state index in [-0.39, 0.29) is 11.5 Å². The molecule has 0 saturated heterocycles. The zero-order valence-electron chi connectivity index (χ0n) is 19.0. The molecular formula is C30H20N4O2. The molecule has 0 radical (unpaired) electrons. The van der Waals surface area contributed by atoms with Gasteiger partial charge in [-0.15, -0.1) is 0 Å². The minimum atomic E-state index is -0.0816. The Balaban J connectivity index is 1.59. The molecule has 6 nitrogen and oxygen atoms in total. The smallest absolute Gasteiger partial charge is 0.166 e. The number of H-pyrrole nitrogens is 4. The molecule has 0 fully saturated rings. The third-order valence-corrected chi connectivity index (χ3v) is 7.14. The summed E-state index contributed by atoms with van der Waals surface area (Å²) in [7, 11) is 0. The molecular weight excluding hydrogens is 448 g/mol. The van der Waals surface area contributed by atoms with Crippen molar-refractivity contribution in [1.82, 2.24) is 19.9 Å². The minimum Gasteiger partial charge on any atom is -0.504 e. The molecule has 0 spiro atoms. The van der Waals surface area contributed by atoms with Crippen LogP contribution in [-0.4, -0.2) is 30.1 Å². The Morgan fingerprint density at radius 1 is 0.417 bits per heavy atom. The molecule has 0 unspecified atom stereocenters. The van der Waals surface area contributed by atoms with E-state index in [1.54, 1.807) is 0 Å². The lowest BCUT2D eigenvalue weighted by Crippen LogP contribution is -2.11. The van der Waals surface area contributed by atoms with E-state index in [1.807, 2.05) is 48.5 Å². The molecule has 6 heteroatoms. The normalized spacial score (nSPS) is 13.0. The number of phenols is 4. The van der Waals surface area contributed by atoms with Gasteiger partial charge in [-0.1, -0.05) is 24.3 Å². The number of rotatable bonds is 0. The number of aromatic hydroxyl groups is 2. The molecule has 10 bridgehead atoms. The van der Waals surface area contributed by atoms with Gasteiger partial charge in [0, 0.05) is 65.7 Å². The lowest BCUT2D eigenvalue weighted by molar-refractivity contribution is 0.412. The number of hydrogen-bond donors (Lipinski definition) is 6. The number of benzene rings is 4. The number of phenolic OH excluding ortho intramolecular Hbond substituents is 2. The second-order valence-electron chi connectivity index (χ2n) is 9.38. The summed E-state index contributed by atoms with van der Waals surface area (Å²) >= 11 is 0. The average molecular weight is 469 g/mol. The Bertz CT molecular complexity index is 2080. The molecule has 0 amide bonds. The van der Waals surface area contributed by atoms with Crippen LogP contribution in [0.1, 0.15) is 22.8 Å². The van der Waals surface area contributed by atoms with Gasteiger partial charge in [0.2, 0.25) is 0 Å². The largest absolute Gasteiger partial charge is 0.504 e. The second-order valence-corrected chi connectivity index (χ2v) is 9.38. The lowest BCUT2D eigenvalue weighted by Gasteiger charge is -2.14. The fraction of sp³-hybridized carbons (Fsp3) is 0. The SMILES string of the molecule is Oc1c(O)c2c3ccccc3c1c1c3[nH]c(c21)=Cc1ccc([nH]1)C=c1ccc([nH]1)=Cc1ccc([nH]1)C=3. The predicted molar refractivity (Wildman–Crippen MR) is 143 cm³/mol. The van der Waals surface area contributed by atoms with Gasteiger partial charge in [0.25, 0.3) is 0 Å². The fourth-order valence-electron chi connectivity index (χ4n) is 5.63. The van der Waals surface area contributed by atoms with Crippen LogP contribution >= 0.6 is 0 Å². The average Bonchev–Trinajstić information content (AvgIpc) is 3.67. The van der Waals surface area contributed by atoms with E-state index in [4.69, 9.17) is 0 Å². The first-order valence-electron chi connectivity index (χ1n) is 11.8. The van der Waals surface area contributed by atoms with Crippen molar-refractivity contribution in [2.45, 2.75) is 0 Å². The Hall–Kier alpha value is -5.10.